The topological polar surface area (TPSA) is 85.4 Å². The van der Waals surface area contributed by atoms with Crippen LogP contribution in [0.3, 0.4) is 0 Å². The highest BCUT2D eigenvalue weighted by Crippen LogP contribution is 2.36. The molecular weight excluding hydrogens is 452 g/mol. The van der Waals surface area contributed by atoms with E-state index in [9.17, 15) is 15.4 Å². The molecule has 6 nitrogen and oxygen atoms in total. The predicted molar refractivity (Wildman–Crippen MR) is 134 cm³/mol. The van der Waals surface area contributed by atoms with Crippen molar-refractivity contribution in [2.24, 2.45) is 0 Å². The van der Waals surface area contributed by atoms with Gasteiger partial charge in [-0.25, -0.2) is 0 Å². The van der Waals surface area contributed by atoms with Crippen molar-refractivity contribution in [1.82, 2.24) is 0 Å². The average molecular weight is 475 g/mol. The lowest BCUT2D eigenvalue weighted by Crippen LogP contribution is -2.03. The molecule has 0 saturated heterocycles. The number of nitrogens with zero attached hydrogens (tertiary/aromatic N) is 2. The van der Waals surface area contributed by atoms with E-state index in [-0.39, 0.29) is 5.69 Å². The van der Waals surface area contributed by atoms with Crippen molar-refractivity contribution < 1.29 is 14.4 Å². The number of nitro groups is 1. The summed E-state index contributed by atoms with van der Waals surface area (Å²) in [6.07, 6.45) is 3.97. The van der Waals surface area contributed by atoms with E-state index in [4.69, 9.17) is 21.1 Å². The SMILES string of the molecule is C=CCc1cc(C=C(C#N)c2cccc([N+](=O)[O-])c2)cc(OCC)c1OCc1ccc(Cl)cc1. The molecule has 3 aromatic rings. The molecular formula is C27H23ClN2O4. The van der Waals surface area contributed by atoms with Crippen molar-refractivity contribution in [1.29, 1.82) is 5.26 Å². The lowest BCUT2D eigenvalue weighted by Gasteiger charge is -2.17. The van der Waals surface area contributed by atoms with Crippen molar-refractivity contribution in [2.75, 3.05) is 6.61 Å². The van der Waals surface area contributed by atoms with Crippen LogP contribution in [0.25, 0.3) is 11.6 Å². The molecule has 0 fully saturated rings. The van der Waals surface area contributed by atoms with Gasteiger partial charge in [-0.05, 0) is 60.4 Å². The predicted octanol–water partition coefficient (Wildman–Crippen LogP) is 7.02. The van der Waals surface area contributed by atoms with Crippen LogP contribution in [0.2, 0.25) is 5.02 Å². The van der Waals surface area contributed by atoms with Crippen LogP contribution >= 0.6 is 11.6 Å². The number of nitro benzene ring substituents is 1. The second-order valence-electron chi connectivity index (χ2n) is 7.33. The first-order valence-corrected chi connectivity index (χ1v) is 11.0. The van der Waals surface area contributed by atoms with E-state index >= 15 is 0 Å². The molecule has 0 bridgehead atoms. The Kier molecular flexibility index (Phi) is 8.44. The average Bonchev–Trinajstić information content (AvgIpc) is 2.83. The Morgan fingerprint density at radius 1 is 1.18 bits per heavy atom. The van der Waals surface area contributed by atoms with Crippen LogP contribution in [0.4, 0.5) is 5.69 Å². The molecule has 7 heteroatoms. The first kappa shape index (κ1) is 24.6. The summed E-state index contributed by atoms with van der Waals surface area (Å²) in [6, 6.07) is 19.2. The molecule has 0 aliphatic carbocycles. The van der Waals surface area contributed by atoms with Gasteiger partial charge in [-0.1, -0.05) is 41.9 Å². The summed E-state index contributed by atoms with van der Waals surface area (Å²) in [7, 11) is 0. The van der Waals surface area contributed by atoms with Gasteiger partial charge in [-0.3, -0.25) is 10.1 Å². The van der Waals surface area contributed by atoms with Crippen molar-refractivity contribution >= 4 is 28.9 Å². The summed E-state index contributed by atoms with van der Waals surface area (Å²) in [5.41, 5.74) is 3.19. The molecule has 172 valence electrons. The van der Waals surface area contributed by atoms with Gasteiger partial charge >= 0.3 is 0 Å². The minimum absolute atomic E-state index is 0.0769. The Morgan fingerprint density at radius 2 is 1.94 bits per heavy atom. The molecule has 0 aliphatic rings. The zero-order valence-corrected chi connectivity index (χ0v) is 19.4. The Bertz CT molecular complexity index is 1260. The van der Waals surface area contributed by atoms with Crippen LogP contribution in [-0.2, 0) is 13.0 Å². The summed E-state index contributed by atoms with van der Waals surface area (Å²) >= 11 is 5.97. The molecule has 0 N–H and O–H groups in total. The van der Waals surface area contributed by atoms with Crippen molar-refractivity contribution in [3.05, 3.63) is 111 Å². The molecule has 0 aliphatic heterocycles. The fourth-order valence-electron chi connectivity index (χ4n) is 3.37. The van der Waals surface area contributed by atoms with E-state index in [2.05, 4.69) is 12.6 Å². The lowest BCUT2D eigenvalue weighted by atomic mass is 10.0. The number of allylic oxidation sites excluding steroid dienone is 2. The number of halogens is 1. The Hall–Kier alpha value is -4.08. The number of rotatable bonds is 10. The first-order chi connectivity index (χ1) is 16.4. The number of ether oxygens (including phenoxy) is 2. The summed E-state index contributed by atoms with van der Waals surface area (Å²) in [5.74, 6) is 1.14. The molecule has 0 heterocycles. The van der Waals surface area contributed by atoms with Gasteiger partial charge in [-0.15, -0.1) is 6.58 Å². The highest BCUT2D eigenvalue weighted by Gasteiger charge is 2.15. The third kappa shape index (κ3) is 6.25. The molecule has 0 amide bonds. The fraction of sp³-hybridized carbons (Fsp3) is 0.148. The van der Waals surface area contributed by atoms with E-state index in [1.165, 1.54) is 12.1 Å². The molecule has 3 aromatic carbocycles. The monoisotopic (exact) mass is 474 g/mol. The van der Waals surface area contributed by atoms with Crippen LogP contribution in [0.15, 0.2) is 73.3 Å². The van der Waals surface area contributed by atoms with E-state index in [0.29, 0.717) is 52.9 Å². The van der Waals surface area contributed by atoms with Crippen molar-refractivity contribution in [3.8, 4) is 17.6 Å². The van der Waals surface area contributed by atoms with Gasteiger partial charge in [-0.2, -0.15) is 5.26 Å². The highest BCUT2D eigenvalue weighted by atomic mass is 35.5. The largest absolute Gasteiger partial charge is 0.490 e. The van der Waals surface area contributed by atoms with Gasteiger partial charge in [0.05, 0.1) is 23.2 Å². The minimum Gasteiger partial charge on any atom is -0.490 e. The highest BCUT2D eigenvalue weighted by molar-refractivity contribution is 6.30. The second kappa shape index (κ2) is 11.7. The molecule has 0 aromatic heterocycles. The normalized spacial score (nSPS) is 10.9. The molecule has 0 spiro atoms. The van der Waals surface area contributed by atoms with Gasteiger partial charge in [0.1, 0.15) is 6.61 Å². The molecule has 3 rings (SSSR count). The molecule has 0 radical (unpaired) electrons. The summed E-state index contributed by atoms with van der Waals surface area (Å²) in [5, 5.41) is 21.5. The molecule has 0 atom stereocenters. The van der Waals surface area contributed by atoms with E-state index in [1.807, 2.05) is 25.1 Å². The zero-order valence-electron chi connectivity index (χ0n) is 18.7. The van der Waals surface area contributed by atoms with Gasteiger partial charge < -0.3 is 9.47 Å². The van der Waals surface area contributed by atoms with Gasteiger partial charge in [0, 0.05) is 22.7 Å². The van der Waals surface area contributed by atoms with E-state index < -0.39 is 4.92 Å². The lowest BCUT2D eigenvalue weighted by molar-refractivity contribution is -0.384. The van der Waals surface area contributed by atoms with Crippen LogP contribution in [-0.4, -0.2) is 11.5 Å². The van der Waals surface area contributed by atoms with Crippen LogP contribution in [0, 0.1) is 21.4 Å². The number of non-ortho nitro benzene ring substituents is 1. The maximum Gasteiger partial charge on any atom is 0.270 e. The minimum atomic E-state index is -0.485. The van der Waals surface area contributed by atoms with Gasteiger partial charge in [0.25, 0.3) is 5.69 Å². The van der Waals surface area contributed by atoms with E-state index in [1.54, 1.807) is 42.5 Å². The standard InChI is InChI=1S/C27H23ClN2O4/c1-3-6-22-13-20(14-23(17-29)21-7-5-8-25(16-21)30(31)32)15-26(33-4-2)27(22)34-18-19-9-11-24(28)12-10-19/h3,5,7-16H,1,4,6,18H2,2H3. The van der Waals surface area contributed by atoms with Gasteiger partial charge in [0.15, 0.2) is 11.5 Å². The first-order valence-electron chi connectivity index (χ1n) is 10.6. The van der Waals surface area contributed by atoms with Crippen LogP contribution < -0.4 is 9.47 Å². The summed E-state index contributed by atoms with van der Waals surface area (Å²) in [4.78, 5) is 10.6. The van der Waals surface area contributed by atoms with Crippen molar-refractivity contribution in [2.45, 2.75) is 20.0 Å². The van der Waals surface area contributed by atoms with Crippen molar-refractivity contribution in [3.63, 3.8) is 0 Å². The van der Waals surface area contributed by atoms with Crippen LogP contribution in [0.1, 0.15) is 29.2 Å². The third-order valence-electron chi connectivity index (χ3n) is 4.91. The smallest absolute Gasteiger partial charge is 0.270 e. The number of hydrogen-bond acceptors (Lipinski definition) is 5. The quantitative estimate of drug-likeness (QED) is 0.104. The fourth-order valence-corrected chi connectivity index (χ4v) is 3.50. The number of benzene rings is 3. The van der Waals surface area contributed by atoms with E-state index in [0.717, 1.165) is 11.1 Å². The summed E-state index contributed by atoms with van der Waals surface area (Å²) < 4.78 is 12.0. The molecule has 0 unspecified atom stereocenters. The second-order valence-corrected chi connectivity index (χ2v) is 7.76. The summed E-state index contributed by atoms with van der Waals surface area (Å²) in [6.45, 7) is 6.47. The maximum absolute atomic E-state index is 11.1. The zero-order chi connectivity index (χ0) is 24.5. The van der Waals surface area contributed by atoms with Gasteiger partial charge in [0.2, 0.25) is 0 Å². The maximum atomic E-state index is 11.1. The molecule has 0 saturated carbocycles. The number of nitriles is 1. The Balaban J connectivity index is 2.01. The van der Waals surface area contributed by atoms with Crippen LogP contribution in [0.5, 0.6) is 11.5 Å². The molecule has 34 heavy (non-hydrogen) atoms. The third-order valence-corrected chi connectivity index (χ3v) is 5.17. The Morgan fingerprint density at radius 3 is 2.59 bits per heavy atom. The Labute approximate surface area is 203 Å². The number of hydrogen-bond donors (Lipinski definition) is 0.